The maximum absolute atomic E-state index is 8.81. The Kier molecular flexibility index (Phi) is 41.6. The van der Waals surface area contributed by atoms with E-state index in [4.69, 9.17) is 4.79 Å². The van der Waals surface area contributed by atoms with Gasteiger partial charge in [0.25, 0.3) is 0 Å². The zero-order valence-electron chi connectivity index (χ0n) is 2.69. The highest BCUT2D eigenvalue weighted by atomic mass is 16.1. The quantitative estimate of drug-likeness (QED) is 0.411. The summed E-state index contributed by atoms with van der Waals surface area (Å²) >= 11 is 0. The van der Waals surface area contributed by atoms with Crippen molar-refractivity contribution in [2.45, 2.75) is 6.92 Å². The van der Waals surface area contributed by atoms with Gasteiger partial charge in [-0.25, -0.2) is 0 Å². The Morgan fingerprint density at radius 1 is 1.75 bits per heavy atom. The fourth-order valence-electron chi connectivity index (χ4n) is 0. The van der Waals surface area contributed by atoms with Crippen LogP contribution in [0.1, 0.15) is 6.92 Å². The van der Waals surface area contributed by atoms with Crippen LogP contribution < -0.4 is 6.15 Å². The molecule has 0 aromatic heterocycles. The molecule has 0 saturated heterocycles. The largest absolute Gasteiger partial charge is 0.344 e. The molecule has 0 fully saturated rings. The maximum Gasteiger partial charge on any atom is 0.116 e. The van der Waals surface area contributed by atoms with Gasteiger partial charge in [0.2, 0.25) is 0 Å². The second-order valence-electron chi connectivity index (χ2n) is 0.236. The average Bonchev–Trinajstić information content (AvgIpc) is 0.918. The highest BCUT2D eigenvalue weighted by Gasteiger charge is 1.24. The van der Waals surface area contributed by atoms with Crippen LogP contribution in [-0.4, -0.2) is 6.29 Å². The summed E-state index contributed by atoms with van der Waals surface area (Å²) in [5.41, 5.74) is 0. The predicted octanol–water partition coefficient (Wildman–Crippen LogP) is 0.367. The van der Waals surface area contributed by atoms with Gasteiger partial charge in [0, 0.05) is 0 Å². The molecule has 0 aromatic carbocycles. The van der Waals surface area contributed by atoms with Gasteiger partial charge in [0.05, 0.1) is 0 Å². The Balaban J connectivity index is 0. The average molecular weight is 61.1 g/mol. The number of hydrogen-bond donors (Lipinski definition) is 1. The molecule has 4 heavy (non-hydrogen) atoms. The second-order valence-corrected chi connectivity index (χ2v) is 0.236. The highest BCUT2D eigenvalue weighted by Crippen LogP contribution is 1.13. The van der Waals surface area contributed by atoms with Crippen LogP contribution in [0.2, 0.25) is 0 Å². The smallest absolute Gasteiger partial charge is 0.116 e. The van der Waals surface area contributed by atoms with Crippen LogP contribution in [0.3, 0.4) is 0 Å². The molecule has 2 heteroatoms. The van der Waals surface area contributed by atoms with Gasteiger partial charge in [-0.1, -0.05) is 0 Å². The summed E-state index contributed by atoms with van der Waals surface area (Å²) in [6.45, 7) is 1.44. The SMILES string of the molecule is CC=O.N. The lowest BCUT2D eigenvalue weighted by molar-refractivity contribution is -0.106. The van der Waals surface area contributed by atoms with Crippen molar-refractivity contribution in [1.82, 2.24) is 6.15 Å². The zero-order chi connectivity index (χ0) is 2.71. The summed E-state index contributed by atoms with van der Waals surface area (Å²) in [5.74, 6) is 0. The summed E-state index contributed by atoms with van der Waals surface area (Å²) < 4.78 is 0. The Morgan fingerprint density at radius 2 is 1.75 bits per heavy atom. The molecule has 26 valence electrons. The minimum absolute atomic E-state index is 0. The lowest BCUT2D eigenvalue weighted by Crippen LogP contribution is -1.36. The summed E-state index contributed by atoms with van der Waals surface area (Å²) in [7, 11) is 0. The van der Waals surface area contributed by atoms with E-state index in [-0.39, 0.29) is 6.15 Å². The van der Waals surface area contributed by atoms with Crippen LogP contribution in [0.15, 0.2) is 0 Å². The van der Waals surface area contributed by atoms with Crippen molar-refractivity contribution in [2.75, 3.05) is 0 Å². The topological polar surface area (TPSA) is 52.1 Å². The number of aldehydes is 1. The van der Waals surface area contributed by atoms with Crippen molar-refractivity contribution in [3.8, 4) is 0 Å². The fourth-order valence-corrected chi connectivity index (χ4v) is 0. The summed E-state index contributed by atoms with van der Waals surface area (Å²) in [4.78, 5) is 8.81. The van der Waals surface area contributed by atoms with Crippen LogP contribution in [-0.2, 0) is 4.79 Å². The van der Waals surface area contributed by atoms with Crippen molar-refractivity contribution in [1.29, 1.82) is 0 Å². The number of carbonyl (C=O) groups is 1. The standard InChI is InChI=1S/C2H4O.H3N/c1-2-3;/h2H,1H3;1H3. The Morgan fingerprint density at radius 3 is 1.75 bits per heavy atom. The van der Waals surface area contributed by atoms with Crippen molar-refractivity contribution >= 4 is 6.29 Å². The number of hydrogen-bond acceptors (Lipinski definition) is 2. The van der Waals surface area contributed by atoms with Crippen LogP contribution >= 0.6 is 0 Å². The minimum atomic E-state index is 0. The maximum atomic E-state index is 8.81. The number of rotatable bonds is 0. The van der Waals surface area contributed by atoms with Crippen molar-refractivity contribution in [3.05, 3.63) is 0 Å². The van der Waals surface area contributed by atoms with E-state index in [9.17, 15) is 0 Å². The third-order valence-electron chi connectivity index (χ3n) is 0. The van der Waals surface area contributed by atoms with E-state index in [1.54, 1.807) is 0 Å². The summed E-state index contributed by atoms with van der Waals surface area (Å²) in [6, 6.07) is 0. The first kappa shape index (κ1) is 9.45. The molecule has 2 nitrogen and oxygen atoms in total. The van der Waals surface area contributed by atoms with Gasteiger partial charge in [-0.05, 0) is 6.92 Å². The molecule has 0 bridgehead atoms. The van der Waals surface area contributed by atoms with Gasteiger partial charge in [-0.15, -0.1) is 0 Å². The third kappa shape index (κ3) is 4.73. The first-order valence-corrected chi connectivity index (χ1v) is 0.813. The molecule has 0 rings (SSSR count). The first-order chi connectivity index (χ1) is 1.41. The molecule has 0 radical (unpaired) electrons. The van der Waals surface area contributed by atoms with E-state index in [0.29, 0.717) is 0 Å². The van der Waals surface area contributed by atoms with Crippen molar-refractivity contribution in [3.63, 3.8) is 0 Å². The van der Waals surface area contributed by atoms with Gasteiger partial charge in [0.15, 0.2) is 0 Å². The van der Waals surface area contributed by atoms with Gasteiger partial charge in [-0.3, -0.25) is 0 Å². The third-order valence-corrected chi connectivity index (χ3v) is 0. The van der Waals surface area contributed by atoms with Gasteiger partial charge in [0.1, 0.15) is 6.29 Å². The van der Waals surface area contributed by atoms with Crippen molar-refractivity contribution in [2.24, 2.45) is 0 Å². The molecule has 0 aliphatic carbocycles. The fraction of sp³-hybridized carbons (Fsp3) is 0.500. The van der Waals surface area contributed by atoms with E-state index < -0.39 is 0 Å². The van der Waals surface area contributed by atoms with Crippen LogP contribution in [0.25, 0.3) is 0 Å². The monoisotopic (exact) mass is 61.1 g/mol. The minimum Gasteiger partial charge on any atom is -0.344 e. The Labute approximate surface area is 25.4 Å². The molecule has 0 atom stereocenters. The molecule has 0 aromatic rings. The summed E-state index contributed by atoms with van der Waals surface area (Å²) in [5, 5.41) is 0. The van der Waals surface area contributed by atoms with Gasteiger partial charge in [-0.2, -0.15) is 0 Å². The van der Waals surface area contributed by atoms with Crippen LogP contribution in [0.4, 0.5) is 0 Å². The lowest BCUT2D eigenvalue weighted by atomic mass is 11.0. The normalized spacial score (nSPS) is 3.25. The van der Waals surface area contributed by atoms with Gasteiger partial charge >= 0.3 is 0 Å². The molecule has 0 saturated carbocycles. The molecule has 3 N–H and O–H groups in total. The molecule has 0 amide bonds. The molecule has 0 aliphatic rings. The highest BCUT2D eigenvalue weighted by molar-refractivity contribution is 5.44. The van der Waals surface area contributed by atoms with E-state index in [0.717, 1.165) is 6.29 Å². The number of carbonyl (C=O) groups excluding carboxylic acids is 1. The first-order valence-electron chi connectivity index (χ1n) is 0.813. The summed E-state index contributed by atoms with van der Waals surface area (Å²) in [6.07, 6.45) is 0.750. The zero-order valence-corrected chi connectivity index (χ0v) is 2.69. The molecule has 0 spiro atoms. The van der Waals surface area contributed by atoms with Crippen molar-refractivity contribution < 1.29 is 4.79 Å². The van der Waals surface area contributed by atoms with E-state index in [1.807, 2.05) is 0 Å². The molecular formula is C2H7NO. The molecular weight excluding hydrogens is 54.0 g/mol. The second kappa shape index (κ2) is 17.6. The van der Waals surface area contributed by atoms with E-state index in [2.05, 4.69) is 0 Å². The van der Waals surface area contributed by atoms with E-state index >= 15 is 0 Å². The van der Waals surface area contributed by atoms with E-state index in [1.165, 1.54) is 6.92 Å². The Hall–Kier alpha value is -0.370. The molecule has 0 unspecified atom stereocenters. The lowest BCUT2D eigenvalue weighted by Gasteiger charge is -1.23. The predicted molar refractivity (Wildman–Crippen MR) is 16.8 cm³/mol. The Bertz CT molecular complexity index is 13.5. The molecule has 0 aliphatic heterocycles. The van der Waals surface area contributed by atoms with Gasteiger partial charge < -0.3 is 10.9 Å². The molecule has 0 heterocycles. The van der Waals surface area contributed by atoms with Crippen LogP contribution in [0, 0.1) is 0 Å². The van der Waals surface area contributed by atoms with Crippen LogP contribution in [0.5, 0.6) is 0 Å².